The van der Waals surface area contributed by atoms with E-state index in [-0.39, 0.29) is 12.0 Å². The summed E-state index contributed by atoms with van der Waals surface area (Å²) in [6.45, 7) is 1.17. The van der Waals surface area contributed by atoms with Gasteiger partial charge in [0.1, 0.15) is 6.10 Å². The SMILES string of the molecule is O=C(NCc1cccnc1-c1ccsc1)[C@H]1CCCO1. The highest BCUT2D eigenvalue weighted by Gasteiger charge is 2.23. The van der Waals surface area contributed by atoms with Crippen molar-refractivity contribution in [1.29, 1.82) is 0 Å². The van der Waals surface area contributed by atoms with Crippen molar-refractivity contribution in [2.24, 2.45) is 0 Å². The van der Waals surface area contributed by atoms with Crippen LogP contribution in [0.1, 0.15) is 18.4 Å². The summed E-state index contributed by atoms with van der Waals surface area (Å²) in [6, 6.07) is 5.93. The Morgan fingerprint density at radius 1 is 1.50 bits per heavy atom. The third-order valence-corrected chi connectivity index (χ3v) is 4.04. The lowest BCUT2D eigenvalue weighted by Gasteiger charge is -2.12. The number of carbonyl (C=O) groups is 1. The third-order valence-electron chi connectivity index (χ3n) is 3.36. The third kappa shape index (κ3) is 2.89. The van der Waals surface area contributed by atoms with E-state index in [0.717, 1.165) is 29.7 Å². The molecule has 0 spiro atoms. The molecule has 0 aliphatic carbocycles. The molecule has 0 saturated carbocycles. The van der Waals surface area contributed by atoms with Crippen molar-refractivity contribution in [3.8, 4) is 11.3 Å². The Kier molecular flexibility index (Phi) is 4.08. The van der Waals surface area contributed by atoms with Crippen molar-refractivity contribution in [3.05, 3.63) is 40.7 Å². The zero-order chi connectivity index (χ0) is 13.8. The van der Waals surface area contributed by atoms with Gasteiger partial charge in [-0.2, -0.15) is 11.3 Å². The lowest BCUT2D eigenvalue weighted by Crippen LogP contribution is -2.33. The Morgan fingerprint density at radius 3 is 3.20 bits per heavy atom. The van der Waals surface area contributed by atoms with Crippen LogP contribution in [0.5, 0.6) is 0 Å². The first-order valence-electron chi connectivity index (χ1n) is 6.70. The van der Waals surface area contributed by atoms with Gasteiger partial charge in [0.15, 0.2) is 0 Å². The van der Waals surface area contributed by atoms with Crippen LogP contribution in [0.25, 0.3) is 11.3 Å². The number of carbonyl (C=O) groups excluding carboxylic acids is 1. The highest BCUT2D eigenvalue weighted by Crippen LogP contribution is 2.23. The van der Waals surface area contributed by atoms with Gasteiger partial charge in [0.2, 0.25) is 5.91 Å². The largest absolute Gasteiger partial charge is 0.368 e. The van der Waals surface area contributed by atoms with E-state index in [2.05, 4.69) is 15.7 Å². The Labute approximate surface area is 121 Å². The minimum Gasteiger partial charge on any atom is -0.368 e. The molecule has 0 bridgehead atoms. The first-order valence-corrected chi connectivity index (χ1v) is 7.64. The lowest BCUT2D eigenvalue weighted by molar-refractivity contribution is -0.130. The Balaban J connectivity index is 1.70. The lowest BCUT2D eigenvalue weighted by atomic mass is 10.1. The average Bonchev–Trinajstić information content (AvgIpc) is 3.17. The second kappa shape index (κ2) is 6.15. The van der Waals surface area contributed by atoms with E-state index < -0.39 is 0 Å². The van der Waals surface area contributed by atoms with E-state index in [9.17, 15) is 4.79 Å². The second-order valence-corrected chi connectivity index (χ2v) is 5.52. The van der Waals surface area contributed by atoms with Crippen LogP contribution in [0, 0.1) is 0 Å². The highest BCUT2D eigenvalue weighted by molar-refractivity contribution is 7.08. The molecule has 3 heterocycles. The maximum atomic E-state index is 12.0. The first-order chi connectivity index (χ1) is 9.84. The van der Waals surface area contributed by atoms with E-state index in [1.165, 1.54) is 0 Å². The number of aromatic nitrogens is 1. The van der Waals surface area contributed by atoms with Crippen LogP contribution in [-0.4, -0.2) is 23.6 Å². The molecule has 0 unspecified atom stereocenters. The number of hydrogen-bond donors (Lipinski definition) is 1. The van der Waals surface area contributed by atoms with Gasteiger partial charge in [-0.15, -0.1) is 0 Å². The standard InChI is InChI=1S/C15H16N2O2S/c18-15(13-4-2-7-19-13)17-9-11-3-1-6-16-14(11)12-5-8-20-10-12/h1,3,5-6,8,10,13H,2,4,7,9H2,(H,17,18)/t13-/m1/s1. The van der Waals surface area contributed by atoms with Crippen LogP contribution in [0.4, 0.5) is 0 Å². The Hall–Kier alpha value is -1.72. The number of nitrogens with one attached hydrogen (secondary N) is 1. The van der Waals surface area contributed by atoms with Crippen LogP contribution < -0.4 is 5.32 Å². The molecule has 1 saturated heterocycles. The van der Waals surface area contributed by atoms with E-state index in [0.29, 0.717) is 13.2 Å². The Bertz CT molecular complexity index is 577. The molecule has 104 valence electrons. The van der Waals surface area contributed by atoms with E-state index in [4.69, 9.17) is 4.74 Å². The number of pyridine rings is 1. The zero-order valence-electron chi connectivity index (χ0n) is 11.0. The molecular formula is C15H16N2O2S. The minimum absolute atomic E-state index is 0.0254. The minimum atomic E-state index is -0.281. The van der Waals surface area contributed by atoms with Crippen LogP contribution in [-0.2, 0) is 16.1 Å². The molecule has 1 fully saturated rings. The molecule has 1 amide bonds. The van der Waals surface area contributed by atoms with Crippen molar-refractivity contribution in [1.82, 2.24) is 10.3 Å². The molecule has 20 heavy (non-hydrogen) atoms. The van der Waals surface area contributed by atoms with E-state index in [1.54, 1.807) is 17.5 Å². The van der Waals surface area contributed by atoms with Crippen molar-refractivity contribution in [3.63, 3.8) is 0 Å². The number of hydrogen-bond acceptors (Lipinski definition) is 4. The summed E-state index contributed by atoms with van der Waals surface area (Å²) in [7, 11) is 0. The van der Waals surface area contributed by atoms with Crippen molar-refractivity contribution in [2.75, 3.05) is 6.61 Å². The zero-order valence-corrected chi connectivity index (χ0v) is 11.9. The monoisotopic (exact) mass is 288 g/mol. The number of nitrogens with zero attached hydrogens (tertiary/aromatic N) is 1. The van der Waals surface area contributed by atoms with Gasteiger partial charge in [-0.05, 0) is 35.9 Å². The fourth-order valence-electron chi connectivity index (χ4n) is 2.32. The molecule has 1 atom stereocenters. The molecule has 2 aromatic rings. The van der Waals surface area contributed by atoms with Gasteiger partial charge in [-0.1, -0.05) is 6.07 Å². The quantitative estimate of drug-likeness (QED) is 0.941. The van der Waals surface area contributed by atoms with Crippen molar-refractivity contribution in [2.45, 2.75) is 25.5 Å². The van der Waals surface area contributed by atoms with Crippen molar-refractivity contribution >= 4 is 17.2 Å². The molecule has 4 nitrogen and oxygen atoms in total. The van der Waals surface area contributed by atoms with Crippen molar-refractivity contribution < 1.29 is 9.53 Å². The van der Waals surface area contributed by atoms with Gasteiger partial charge in [0, 0.05) is 30.3 Å². The van der Waals surface area contributed by atoms with Crippen LogP contribution in [0.2, 0.25) is 0 Å². The smallest absolute Gasteiger partial charge is 0.249 e. The maximum Gasteiger partial charge on any atom is 0.249 e. The first kappa shape index (κ1) is 13.3. The summed E-state index contributed by atoms with van der Waals surface area (Å²) in [5.74, 6) is -0.0254. The number of thiophene rings is 1. The molecule has 0 radical (unpaired) electrons. The number of rotatable bonds is 4. The number of ether oxygens (including phenoxy) is 1. The topological polar surface area (TPSA) is 51.2 Å². The summed E-state index contributed by atoms with van der Waals surface area (Å²) >= 11 is 1.64. The molecule has 3 rings (SSSR count). The van der Waals surface area contributed by atoms with E-state index in [1.807, 2.05) is 23.6 Å². The molecule has 1 aliphatic rings. The molecule has 1 N–H and O–H groups in total. The molecule has 2 aromatic heterocycles. The van der Waals surface area contributed by atoms with E-state index >= 15 is 0 Å². The summed E-state index contributed by atoms with van der Waals surface area (Å²) < 4.78 is 5.38. The second-order valence-electron chi connectivity index (χ2n) is 4.74. The van der Waals surface area contributed by atoms with Gasteiger partial charge < -0.3 is 10.1 Å². The van der Waals surface area contributed by atoms with Crippen LogP contribution >= 0.6 is 11.3 Å². The molecule has 5 heteroatoms. The predicted molar refractivity (Wildman–Crippen MR) is 78.4 cm³/mol. The number of amides is 1. The Morgan fingerprint density at radius 2 is 2.45 bits per heavy atom. The van der Waals surface area contributed by atoms with Gasteiger partial charge >= 0.3 is 0 Å². The molecular weight excluding hydrogens is 272 g/mol. The fraction of sp³-hybridized carbons (Fsp3) is 0.333. The van der Waals surface area contributed by atoms with Gasteiger partial charge in [0.25, 0.3) is 0 Å². The molecule has 1 aliphatic heterocycles. The van der Waals surface area contributed by atoms with Crippen LogP contribution in [0.3, 0.4) is 0 Å². The van der Waals surface area contributed by atoms with Gasteiger partial charge in [-0.25, -0.2) is 0 Å². The summed E-state index contributed by atoms with van der Waals surface area (Å²) in [4.78, 5) is 16.4. The fourth-order valence-corrected chi connectivity index (χ4v) is 2.96. The maximum absolute atomic E-state index is 12.0. The van der Waals surface area contributed by atoms with Crippen LogP contribution in [0.15, 0.2) is 35.2 Å². The summed E-state index contributed by atoms with van der Waals surface area (Å²) in [6.07, 6.45) is 3.27. The summed E-state index contributed by atoms with van der Waals surface area (Å²) in [5.41, 5.74) is 3.05. The predicted octanol–water partition coefficient (Wildman–Crippen LogP) is 2.61. The molecule has 0 aromatic carbocycles. The average molecular weight is 288 g/mol. The van der Waals surface area contributed by atoms with Gasteiger partial charge in [-0.3, -0.25) is 9.78 Å². The normalized spacial score (nSPS) is 18.1. The van der Waals surface area contributed by atoms with Gasteiger partial charge in [0.05, 0.1) is 5.69 Å². The highest BCUT2D eigenvalue weighted by atomic mass is 32.1. The summed E-state index contributed by atoms with van der Waals surface area (Å²) in [5, 5.41) is 7.03.